The number of nitrogens with one attached hydrogen (secondary N) is 1. The molecule has 3 atom stereocenters. The van der Waals surface area contributed by atoms with E-state index in [0.29, 0.717) is 0 Å². The second kappa shape index (κ2) is 13.2. The van der Waals surface area contributed by atoms with Gasteiger partial charge in [0.15, 0.2) is 16.6 Å². The number of nitrogens with zero attached hydrogens (tertiary/aromatic N) is 8. The van der Waals surface area contributed by atoms with Gasteiger partial charge in [-0.3, -0.25) is 14.4 Å². The Balaban J connectivity index is 1.42. The minimum atomic E-state index is -1.38. The number of aromatic nitrogens is 5. The molecule has 18 nitrogen and oxygen atoms in total. The molecule has 2 unspecified atom stereocenters. The number of fused-ring (bicyclic) bond motifs is 1. The molecule has 2 fully saturated rings. The maximum atomic E-state index is 13.1. The molecule has 4 rings (SSSR count). The summed E-state index contributed by atoms with van der Waals surface area (Å²) >= 11 is 3.30. The van der Waals surface area contributed by atoms with Crippen molar-refractivity contribution in [2.24, 2.45) is 15.7 Å². The van der Waals surface area contributed by atoms with Gasteiger partial charge < -0.3 is 35.8 Å². The minimum absolute atomic E-state index is 0.0320. The molecule has 42 heavy (non-hydrogen) atoms. The first-order valence-corrected chi connectivity index (χ1v) is 14.7. The zero-order valence-corrected chi connectivity index (χ0v) is 24.2. The topological polar surface area (TPSA) is 250 Å². The highest BCUT2D eigenvalue weighted by Gasteiger charge is 2.57. The first-order valence-electron chi connectivity index (χ1n) is 11.8. The zero-order valence-electron chi connectivity index (χ0n) is 21.8. The van der Waals surface area contributed by atoms with Crippen LogP contribution in [0, 0.1) is 5.41 Å². The Kier molecular flexibility index (Phi) is 9.63. The van der Waals surface area contributed by atoms with Crippen molar-refractivity contribution in [3.63, 3.8) is 0 Å². The van der Waals surface area contributed by atoms with E-state index < -0.39 is 40.6 Å². The fourth-order valence-corrected chi connectivity index (χ4v) is 7.15. The van der Waals surface area contributed by atoms with Gasteiger partial charge in [-0.25, -0.2) is 14.5 Å². The van der Waals surface area contributed by atoms with Gasteiger partial charge in [0, 0.05) is 23.4 Å². The Morgan fingerprint density at radius 3 is 2.81 bits per heavy atom. The molecule has 224 valence electrons. The van der Waals surface area contributed by atoms with Crippen LogP contribution < -0.4 is 11.1 Å². The molecule has 2 aliphatic rings. The van der Waals surface area contributed by atoms with Crippen LogP contribution >= 0.6 is 34.9 Å². The summed E-state index contributed by atoms with van der Waals surface area (Å²) in [6.07, 6.45) is 1.44. The van der Waals surface area contributed by atoms with Gasteiger partial charge in [0.2, 0.25) is 11.1 Å². The van der Waals surface area contributed by atoms with Crippen LogP contribution in [0.15, 0.2) is 33.5 Å². The predicted octanol–water partition coefficient (Wildman–Crippen LogP) is -1.03. The molecular weight excluding hydrogens is 616 g/mol. The van der Waals surface area contributed by atoms with E-state index >= 15 is 0 Å². The number of carboxylic acid groups (broad SMARTS) is 2. The summed E-state index contributed by atoms with van der Waals surface area (Å²) in [4.78, 5) is 65.0. The van der Waals surface area contributed by atoms with Gasteiger partial charge >= 0.3 is 11.9 Å². The number of rotatable bonds is 14. The Labute approximate surface area is 249 Å². The standard InChI is InChI=1S/C21H24N10O8S3/c1-3-4-39-27-12(11-6-40-19(22)23-11)14(32)24-13-15(33)30-7-21(18(36)37,8-41-16(13)30)9-42-20-25-28-29-31(20)5-10(17(34)35)26-38-2/h3,6,13,16H,1,4-5,7-9H2,2H3,(H2,22,23)(H,24,32)(H,34,35)(H,36,37)/t13?,16-,21?/m1/s1. The van der Waals surface area contributed by atoms with E-state index in [1.54, 1.807) is 0 Å². The van der Waals surface area contributed by atoms with Gasteiger partial charge in [-0.1, -0.05) is 34.7 Å². The van der Waals surface area contributed by atoms with Crippen LogP contribution in [0.1, 0.15) is 5.69 Å². The van der Waals surface area contributed by atoms with Crippen LogP contribution in [0.3, 0.4) is 0 Å². The average molecular weight is 641 g/mol. The van der Waals surface area contributed by atoms with E-state index in [2.05, 4.69) is 47.6 Å². The fourth-order valence-electron chi connectivity index (χ4n) is 3.86. The number of carbonyl (C=O) groups excluding carboxylic acids is 2. The number of oxime groups is 2. The molecule has 0 aromatic carbocycles. The number of carboxylic acids is 2. The molecule has 0 saturated carbocycles. The maximum Gasteiger partial charge on any atom is 0.355 e. The van der Waals surface area contributed by atoms with Gasteiger partial charge in [0.05, 0.1) is 6.54 Å². The number of carbonyl (C=O) groups is 4. The van der Waals surface area contributed by atoms with E-state index in [-0.39, 0.29) is 58.6 Å². The van der Waals surface area contributed by atoms with E-state index in [1.807, 2.05) is 0 Å². The van der Waals surface area contributed by atoms with E-state index in [1.165, 1.54) is 35.2 Å². The van der Waals surface area contributed by atoms with Gasteiger partial charge in [-0.15, -0.1) is 28.2 Å². The number of nitrogen functional groups attached to an aromatic ring is 1. The largest absolute Gasteiger partial charge is 0.481 e. The number of thioether (sulfide) groups is 2. The van der Waals surface area contributed by atoms with Crippen molar-refractivity contribution in [3.05, 3.63) is 23.7 Å². The average Bonchev–Trinajstić information content (AvgIpc) is 3.60. The van der Waals surface area contributed by atoms with E-state index in [0.717, 1.165) is 27.8 Å². The Bertz CT molecular complexity index is 1440. The lowest BCUT2D eigenvalue weighted by atomic mass is 9.89. The molecule has 2 aromatic heterocycles. The van der Waals surface area contributed by atoms with Crippen molar-refractivity contribution in [1.29, 1.82) is 0 Å². The van der Waals surface area contributed by atoms with E-state index in [9.17, 15) is 29.4 Å². The predicted molar refractivity (Wildman–Crippen MR) is 150 cm³/mol. The normalized spacial score (nSPS) is 22.1. The van der Waals surface area contributed by atoms with Crippen molar-refractivity contribution >= 4 is 75.2 Å². The number of hydrogen-bond donors (Lipinski definition) is 4. The summed E-state index contributed by atoms with van der Waals surface area (Å²) < 4.78 is 1.15. The molecule has 2 saturated heterocycles. The fraction of sp³-hybridized carbons (Fsp3) is 0.429. The summed E-state index contributed by atoms with van der Waals surface area (Å²) in [6.45, 7) is 3.11. The summed E-state index contributed by atoms with van der Waals surface area (Å²) in [6, 6.07) is -0.927. The van der Waals surface area contributed by atoms with Crippen molar-refractivity contribution in [2.75, 3.05) is 37.5 Å². The molecule has 5 N–H and O–H groups in total. The van der Waals surface area contributed by atoms with Crippen LogP contribution in [0.4, 0.5) is 5.13 Å². The van der Waals surface area contributed by atoms with Gasteiger partial charge in [0.1, 0.15) is 36.2 Å². The summed E-state index contributed by atoms with van der Waals surface area (Å²) in [7, 11) is 1.19. The Hall–Kier alpha value is -4.24. The van der Waals surface area contributed by atoms with Crippen LogP contribution in [-0.2, 0) is 35.4 Å². The highest BCUT2D eigenvalue weighted by atomic mass is 32.2. The summed E-state index contributed by atoms with van der Waals surface area (Å²) in [5.74, 6) is -3.57. The number of tetrazole rings is 1. The third kappa shape index (κ3) is 6.46. The highest BCUT2D eigenvalue weighted by Crippen LogP contribution is 2.44. The molecule has 0 radical (unpaired) electrons. The Morgan fingerprint density at radius 2 is 2.17 bits per heavy atom. The number of aliphatic carboxylic acids is 2. The van der Waals surface area contributed by atoms with Gasteiger partial charge in [-0.05, 0) is 10.4 Å². The monoisotopic (exact) mass is 640 g/mol. The Morgan fingerprint density at radius 1 is 1.38 bits per heavy atom. The summed E-state index contributed by atoms with van der Waals surface area (Å²) in [5, 5.41) is 41.8. The molecule has 0 aliphatic carbocycles. The third-order valence-electron chi connectivity index (χ3n) is 5.94. The zero-order chi connectivity index (χ0) is 30.4. The minimum Gasteiger partial charge on any atom is -0.481 e. The van der Waals surface area contributed by atoms with Gasteiger partial charge in [-0.2, -0.15) is 0 Å². The van der Waals surface area contributed by atoms with Crippen LogP contribution in [0.2, 0.25) is 0 Å². The van der Waals surface area contributed by atoms with Crippen molar-refractivity contribution in [3.8, 4) is 0 Å². The van der Waals surface area contributed by atoms with Crippen LogP contribution in [0.25, 0.3) is 0 Å². The number of anilines is 1. The van der Waals surface area contributed by atoms with Crippen LogP contribution in [-0.4, -0.2) is 119 Å². The van der Waals surface area contributed by atoms with Crippen molar-refractivity contribution in [1.82, 2.24) is 35.4 Å². The number of thiazole rings is 1. The molecule has 4 heterocycles. The summed E-state index contributed by atoms with van der Waals surface area (Å²) in [5.41, 5.74) is 3.93. The van der Waals surface area contributed by atoms with Crippen molar-refractivity contribution in [2.45, 2.75) is 23.1 Å². The smallest absolute Gasteiger partial charge is 0.355 e. The lowest BCUT2D eigenvalue weighted by Crippen LogP contribution is -2.74. The molecule has 2 aliphatic heterocycles. The molecule has 0 spiro atoms. The van der Waals surface area contributed by atoms with Crippen LogP contribution in [0.5, 0.6) is 0 Å². The first-order chi connectivity index (χ1) is 20.1. The lowest BCUT2D eigenvalue weighted by molar-refractivity contribution is -0.157. The highest BCUT2D eigenvalue weighted by molar-refractivity contribution is 8.00. The number of nitrogens with two attached hydrogens (primary N) is 1. The van der Waals surface area contributed by atoms with E-state index in [4.69, 9.17) is 10.6 Å². The molecular formula is C21H24N10O8S3. The first kappa shape index (κ1) is 30.7. The number of hydrogen-bond acceptors (Lipinski definition) is 16. The van der Waals surface area contributed by atoms with Gasteiger partial charge in [0.25, 0.3) is 5.91 Å². The molecule has 0 bridgehead atoms. The maximum absolute atomic E-state index is 13.1. The SMILES string of the molecule is C=CCON=C(C(=O)NC1C(=O)N2CC(CSc3nnnn3CC(=NOC)C(=O)O)(C(=O)O)CS[C@H]12)c1csc(N)n1. The molecule has 2 aromatic rings. The number of amides is 2. The second-order valence-corrected chi connectivity index (χ2v) is 11.7. The molecule has 21 heteroatoms. The number of β-lactam (4-membered cyclic amide) rings is 1. The lowest BCUT2D eigenvalue weighted by Gasteiger charge is -2.53. The van der Waals surface area contributed by atoms with Crippen molar-refractivity contribution < 1.29 is 39.1 Å². The third-order valence-corrected chi connectivity index (χ3v) is 9.45. The second-order valence-electron chi connectivity index (χ2n) is 8.73. The quantitative estimate of drug-likeness (QED) is 0.0481. The molecule has 2 amide bonds.